The predicted octanol–water partition coefficient (Wildman–Crippen LogP) is 6.20. The highest BCUT2D eigenvalue weighted by molar-refractivity contribution is 7.80. The Balaban J connectivity index is 1.54. The molecular weight excluding hydrogens is 430 g/mol. The lowest BCUT2D eigenvalue weighted by Crippen LogP contribution is -2.34. The average Bonchev–Trinajstić information content (AvgIpc) is 3.12. The van der Waals surface area contributed by atoms with Gasteiger partial charge in [0.05, 0.1) is 10.6 Å². The fourth-order valence-electron chi connectivity index (χ4n) is 3.18. The second-order valence-corrected chi connectivity index (χ2v) is 8.23. The van der Waals surface area contributed by atoms with Crippen molar-refractivity contribution in [3.63, 3.8) is 0 Å². The van der Waals surface area contributed by atoms with Gasteiger partial charge in [-0.2, -0.15) is 0 Å². The van der Waals surface area contributed by atoms with Crippen LogP contribution in [-0.2, 0) is 0 Å². The Labute approximate surface area is 190 Å². The number of carbonyl (C=O) groups excluding carboxylic acids is 1. The molecule has 0 spiro atoms. The van der Waals surface area contributed by atoms with E-state index in [4.69, 9.17) is 28.2 Å². The zero-order chi connectivity index (χ0) is 22.1. The molecule has 4 rings (SSSR count). The van der Waals surface area contributed by atoms with E-state index < -0.39 is 0 Å². The number of aromatic nitrogens is 1. The molecule has 0 bridgehead atoms. The highest BCUT2D eigenvalue weighted by Crippen LogP contribution is 2.28. The molecule has 4 aromatic rings. The maximum atomic E-state index is 12.5. The van der Waals surface area contributed by atoms with Crippen molar-refractivity contribution in [2.24, 2.45) is 0 Å². The largest absolute Gasteiger partial charge is 0.436 e. The summed E-state index contributed by atoms with van der Waals surface area (Å²) in [6, 6.07) is 16.9. The van der Waals surface area contributed by atoms with Crippen LogP contribution < -0.4 is 10.6 Å². The summed E-state index contributed by atoms with van der Waals surface area (Å²) < 4.78 is 5.90. The van der Waals surface area contributed by atoms with Crippen molar-refractivity contribution in [3.8, 4) is 11.5 Å². The minimum absolute atomic E-state index is 0.176. The standard InChI is InChI=1S/C24H20ClN3O2S/c1-13-4-8-17(18(25)10-13)22(29)28-24(31)27-19-12-16(7-6-15(19)3)23-26-20-11-14(2)5-9-21(20)30-23/h4-12H,1-3H3,(H2,27,28,29,31). The molecule has 0 fully saturated rings. The summed E-state index contributed by atoms with van der Waals surface area (Å²) in [5.74, 6) is 0.149. The fourth-order valence-corrected chi connectivity index (χ4v) is 3.70. The van der Waals surface area contributed by atoms with Gasteiger partial charge in [0.15, 0.2) is 10.7 Å². The van der Waals surface area contributed by atoms with Crippen molar-refractivity contribution < 1.29 is 9.21 Å². The predicted molar refractivity (Wildman–Crippen MR) is 129 cm³/mol. The maximum Gasteiger partial charge on any atom is 0.258 e. The van der Waals surface area contributed by atoms with Crippen molar-refractivity contribution >= 4 is 51.6 Å². The summed E-state index contributed by atoms with van der Waals surface area (Å²) in [4.78, 5) is 17.1. The third-order valence-electron chi connectivity index (χ3n) is 4.87. The lowest BCUT2D eigenvalue weighted by atomic mass is 10.1. The number of aryl methyl sites for hydroxylation is 3. The minimum atomic E-state index is -0.370. The topological polar surface area (TPSA) is 67.2 Å². The van der Waals surface area contributed by atoms with Crippen molar-refractivity contribution in [2.45, 2.75) is 20.8 Å². The van der Waals surface area contributed by atoms with E-state index in [0.717, 1.165) is 39.0 Å². The van der Waals surface area contributed by atoms with E-state index in [2.05, 4.69) is 15.6 Å². The SMILES string of the molecule is Cc1ccc(C(=O)NC(=S)Nc2cc(-c3nc4cc(C)ccc4o3)ccc2C)c(Cl)c1. The van der Waals surface area contributed by atoms with Crippen molar-refractivity contribution in [2.75, 3.05) is 5.32 Å². The summed E-state index contributed by atoms with van der Waals surface area (Å²) >= 11 is 11.5. The van der Waals surface area contributed by atoms with Crippen molar-refractivity contribution in [1.29, 1.82) is 0 Å². The summed E-state index contributed by atoms with van der Waals surface area (Å²) in [6.07, 6.45) is 0. The number of rotatable bonds is 3. The highest BCUT2D eigenvalue weighted by atomic mass is 35.5. The van der Waals surface area contributed by atoms with Gasteiger partial charge in [0.2, 0.25) is 5.89 Å². The first-order chi connectivity index (χ1) is 14.8. The van der Waals surface area contributed by atoms with E-state index in [1.165, 1.54) is 0 Å². The van der Waals surface area contributed by atoms with Crippen LogP contribution in [0.1, 0.15) is 27.0 Å². The van der Waals surface area contributed by atoms with Gasteiger partial charge in [0, 0.05) is 11.3 Å². The summed E-state index contributed by atoms with van der Waals surface area (Å²) in [7, 11) is 0. The first-order valence-electron chi connectivity index (χ1n) is 9.67. The number of oxazole rings is 1. The van der Waals surface area contributed by atoms with Gasteiger partial charge in [-0.25, -0.2) is 4.98 Å². The molecule has 0 aliphatic rings. The fraction of sp³-hybridized carbons (Fsp3) is 0.125. The third kappa shape index (κ3) is 4.60. The van der Waals surface area contributed by atoms with Crippen molar-refractivity contribution in [3.05, 3.63) is 81.9 Å². The second-order valence-electron chi connectivity index (χ2n) is 7.41. The molecule has 0 aliphatic carbocycles. The maximum absolute atomic E-state index is 12.5. The van der Waals surface area contributed by atoms with Crippen molar-refractivity contribution in [1.82, 2.24) is 10.3 Å². The number of halogens is 1. The molecule has 156 valence electrons. The number of carbonyl (C=O) groups is 1. The van der Waals surface area contributed by atoms with E-state index in [9.17, 15) is 4.79 Å². The van der Waals surface area contributed by atoms with Crippen LogP contribution in [0.4, 0.5) is 5.69 Å². The molecule has 0 atom stereocenters. The average molecular weight is 450 g/mol. The Hall–Kier alpha value is -3.22. The number of anilines is 1. The number of thiocarbonyl (C=S) groups is 1. The van der Waals surface area contributed by atoms with Gasteiger partial charge >= 0.3 is 0 Å². The van der Waals surface area contributed by atoms with E-state index in [0.29, 0.717) is 16.5 Å². The smallest absolute Gasteiger partial charge is 0.258 e. The molecule has 3 aromatic carbocycles. The number of nitrogens with zero attached hydrogens (tertiary/aromatic N) is 1. The number of hydrogen-bond acceptors (Lipinski definition) is 4. The normalized spacial score (nSPS) is 10.8. The summed E-state index contributed by atoms with van der Waals surface area (Å²) in [6.45, 7) is 5.87. The zero-order valence-electron chi connectivity index (χ0n) is 17.2. The quantitative estimate of drug-likeness (QED) is 0.364. The molecule has 31 heavy (non-hydrogen) atoms. The van der Waals surface area contributed by atoms with E-state index in [1.807, 2.05) is 63.2 Å². The monoisotopic (exact) mass is 449 g/mol. The van der Waals surface area contributed by atoms with Gasteiger partial charge in [-0.15, -0.1) is 0 Å². The Bertz CT molecular complexity index is 1330. The second kappa shape index (κ2) is 8.49. The van der Waals surface area contributed by atoms with Crippen LogP contribution in [-0.4, -0.2) is 16.0 Å². The van der Waals surface area contributed by atoms with Crippen LogP contribution >= 0.6 is 23.8 Å². The Morgan fingerprint density at radius 2 is 1.74 bits per heavy atom. The number of benzene rings is 3. The molecule has 0 radical (unpaired) electrons. The van der Waals surface area contributed by atoms with Gasteiger partial charge < -0.3 is 9.73 Å². The van der Waals surface area contributed by atoms with Gasteiger partial charge in [-0.1, -0.05) is 29.8 Å². The van der Waals surface area contributed by atoms with Crippen LogP contribution in [0.5, 0.6) is 0 Å². The van der Waals surface area contributed by atoms with Gasteiger partial charge in [-0.05, 0) is 86.1 Å². The van der Waals surface area contributed by atoms with E-state index in [1.54, 1.807) is 12.1 Å². The number of amides is 1. The van der Waals surface area contributed by atoms with Crippen LogP contribution in [0.2, 0.25) is 5.02 Å². The van der Waals surface area contributed by atoms with Gasteiger partial charge in [-0.3, -0.25) is 10.1 Å². The molecule has 0 unspecified atom stereocenters. The number of fused-ring (bicyclic) bond motifs is 1. The van der Waals surface area contributed by atoms with Crippen LogP contribution in [0.3, 0.4) is 0 Å². The lowest BCUT2D eigenvalue weighted by molar-refractivity contribution is 0.0978. The molecular formula is C24H20ClN3O2S. The summed E-state index contributed by atoms with van der Waals surface area (Å²) in [5, 5.41) is 6.31. The Morgan fingerprint density at radius 3 is 2.52 bits per heavy atom. The van der Waals surface area contributed by atoms with Crippen LogP contribution in [0.25, 0.3) is 22.6 Å². The van der Waals surface area contributed by atoms with Crippen LogP contribution in [0, 0.1) is 20.8 Å². The molecule has 5 nitrogen and oxygen atoms in total. The summed E-state index contributed by atoms with van der Waals surface area (Å²) in [5.41, 5.74) is 6.51. The Morgan fingerprint density at radius 1 is 1.00 bits per heavy atom. The first kappa shape index (κ1) is 21.0. The first-order valence-corrected chi connectivity index (χ1v) is 10.5. The molecule has 0 saturated heterocycles. The lowest BCUT2D eigenvalue weighted by Gasteiger charge is -2.13. The number of nitrogens with one attached hydrogen (secondary N) is 2. The van der Waals surface area contributed by atoms with Gasteiger partial charge in [0.25, 0.3) is 5.91 Å². The van der Waals surface area contributed by atoms with E-state index in [-0.39, 0.29) is 11.0 Å². The molecule has 0 saturated carbocycles. The molecule has 7 heteroatoms. The Kier molecular flexibility index (Phi) is 5.76. The molecule has 1 aromatic heterocycles. The van der Waals surface area contributed by atoms with Crippen LogP contribution in [0.15, 0.2) is 59.0 Å². The zero-order valence-corrected chi connectivity index (χ0v) is 18.8. The number of hydrogen-bond donors (Lipinski definition) is 2. The van der Waals surface area contributed by atoms with E-state index >= 15 is 0 Å². The third-order valence-corrected chi connectivity index (χ3v) is 5.39. The molecule has 2 N–H and O–H groups in total. The molecule has 0 aliphatic heterocycles. The highest BCUT2D eigenvalue weighted by Gasteiger charge is 2.14. The molecule has 1 heterocycles. The van der Waals surface area contributed by atoms with Gasteiger partial charge in [0.1, 0.15) is 5.52 Å². The minimum Gasteiger partial charge on any atom is -0.436 e. The molecule has 1 amide bonds.